The Morgan fingerprint density at radius 2 is 1.74 bits per heavy atom. The second-order valence-corrected chi connectivity index (χ2v) is 8.28. The maximum atomic E-state index is 12.9. The summed E-state index contributed by atoms with van der Waals surface area (Å²) >= 11 is 0. The van der Waals surface area contributed by atoms with Crippen molar-refractivity contribution in [2.24, 2.45) is 23.2 Å². The Bertz CT molecular complexity index is 574. The molecule has 0 heterocycles. The van der Waals surface area contributed by atoms with Gasteiger partial charge in [-0.1, -0.05) is 24.3 Å². The molecule has 0 radical (unpaired) electrons. The minimum Gasteiger partial charge on any atom is -0.387 e. The highest BCUT2D eigenvalue weighted by Crippen LogP contribution is 2.60. The molecule has 0 aliphatic heterocycles. The Balaban J connectivity index is 1.42. The molecule has 1 aromatic rings. The van der Waals surface area contributed by atoms with Crippen molar-refractivity contribution in [3.05, 3.63) is 35.4 Å². The zero-order valence-electron chi connectivity index (χ0n) is 13.9. The van der Waals surface area contributed by atoms with Gasteiger partial charge in [0.25, 0.3) is 0 Å². The Morgan fingerprint density at radius 3 is 2.30 bits per heavy atom. The molecule has 4 fully saturated rings. The van der Waals surface area contributed by atoms with Gasteiger partial charge in [0.1, 0.15) is 0 Å². The molecule has 1 atom stereocenters. The lowest BCUT2D eigenvalue weighted by molar-refractivity contribution is -0.146. The number of aliphatic hydroxyl groups is 1. The van der Waals surface area contributed by atoms with E-state index in [0.29, 0.717) is 6.54 Å². The molecule has 3 heteroatoms. The lowest BCUT2D eigenvalue weighted by atomic mass is 9.49. The van der Waals surface area contributed by atoms with Gasteiger partial charge in [-0.15, -0.1) is 0 Å². The van der Waals surface area contributed by atoms with E-state index in [9.17, 15) is 9.90 Å². The Morgan fingerprint density at radius 1 is 1.17 bits per heavy atom. The topological polar surface area (TPSA) is 49.3 Å². The summed E-state index contributed by atoms with van der Waals surface area (Å²) in [5.74, 6) is 2.51. The molecule has 4 aliphatic rings. The molecule has 1 aromatic carbocycles. The lowest BCUT2D eigenvalue weighted by Crippen LogP contribution is -2.54. The summed E-state index contributed by atoms with van der Waals surface area (Å²) in [6, 6.07) is 7.85. The maximum Gasteiger partial charge on any atom is 0.226 e. The molecule has 4 aliphatic carbocycles. The predicted molar refractivity (Wildman–Crippen MR) is 89.8 cm³/mol. The van der Waals surface area contributed by atoms with Gasteiger partial charge in [0.15, 0.2) is 0 Å². The average molecular weight is 313 g/mol. The number of hydrogen-bond donors (Lipinski definition) is 2. The number of rotatable bonds is 4. The Kier molecular flexibility index (Phi) is 3.72. The molecular formula is C20H27NO2. The van der Waals surface area contributed by atoms with Crippen LogP contribution in [0.15, 0.2) is 24.3 Å². The number of amides is 1. The highest BCUT2D eigenvalue weighted by atomic mass is 16.3. The zero-order chi connectivity index (χ0) is 16.0. The molecule has 1 amide bonds. The normalized spacial score (nSPS) is 36.0. The molecule has 1 unspecified atom stereocenters. The lowest BCUT2D eigenvalue weighted by Gasteiger charge is -2.55. The van der Waals surface area contributed by atoms with Crippen molar-refractivity contribution in [1.29, 1.82) is 0 Å². The van der Waals surface area contributed by atoms with Gasteiger partial charge in [-0.05, 0) is 74.3 Å². The SMILES string of the molecule is Cc1ccccc1C(O)CNC(=O)C12CC3CC(CC(C3)C1)C2. The van der Waals surface area contributed by atoms with Crippen molar-refractivity contribution < 1.29 is 9.90 Å². The van der Waals surface area contributed by atoms with Crippen LogP contribution in [0, 0.1) is 30.1 Å². The number of hydrogen-bond acceptors (Lipinski definition) is 2. The summed E-state index contributed by atoms with van der Waals surface area (Å²) in [5.41, 5.74) is 1.86. The second kappa shape index (κ2) is 5.62. The summed E-state index contributed by atoms with van der Waals surface area (Å²) in [6.07, 6.45) is 6.64. The van der Waals surface area contributed by atoms with Crippen LogP contribution in [0.2, 0.25) is 0 Å². The van der Waals surface area contributed by atoms with Crippen LogP contribution in [0.4, 0.5) is 0 Å². The first-order chi connectivity index (χ1) is 11.1. The highest BCUT2D eigenvalue weighted by molar-refractivity contribution is 5.83. The van der Waals surface area contributed by atoms with Crippen LogP contribution in [0.3, 0.4) is 0 Å². The van der Waals surface area contributed by atoms with E-state index in [1.165, 1.54) is 19.3 Å². The van der Waals surface area contributed by atoms with E-state index in [-0.39, 0.29) is 11.3 Å². The molecule has 23 heavy (non-hydrogen) atoms. The van der Waals surface area contributed by atoms with Crippen LogP contribution >= 0.6 is 0 Å². The average Bonchev–Trinajstić information content (AvgIpc) is 2.51. The summed E-state index contributed by atoms with van der Waals surface area (Å²) in [7, 11) is 0. The molecule has 4 saturated carbocycles. The van der Waals surface area contributed by atoms with E-state index in [0.717, 1.165) is 48.1 Å². The van der Waals surface area contributed by atoms with Crippen molar-refractivity contribution >= 4 is 5.91 Å². The number of carbonyl (C=O) groups excluding carboxylic acids is 1. The van der Waals surface area contributed by atoms with Gasteiger partial charge < -0.3 is 10.4 Å². The van der Waals surface area contributed by atoms with Gasteiger partial charge in [0.05, 0.1) is 6.10 Å². The van der Waals surface area contributed by atoms with Crippen LogP contribution in [0.25, 0.3) is 0 Å². The minimum absolute atomic E-state index is 0.125. The van der Waals surface area contributed by atoms with Gasteiger partial charge in [0.2, 0.25) is 5.91 Å². The van der Waals surface area contributed by atoms with Gasteiger partial charge in [-0.2, -0.15) is 0 Å². The molecule has 0 spiro atoms. The second-order valence-electron chi connectivity index (χ2n) is 8.28. The molecule has 3 nitrogen and oxygen atoms in total. The van der Waals surface area contributed by atoms with Crippen molar-refractivity contribution in [2.75, 3.05) is 6.54 Å². The van der Waals surface area contributed by atoms with Gasteiger partial charge in [-0.3, -0.25) is 4.79 Å². The Labute approximate surface area is 138 Å². The number of nitrogens with one attached hydrogen (secondary N) is 1. The van der Waals surface area contributed by atoms with Crippen molar-refractivity contribution in [3.8, 4) is 0 Å². The first kappa shape index (κ1) is 15.2. The van der Waals surface area contributed by atoms with E-state index < -0.39 is 6.10 Å². The van der Waals surface area contributed by atoms with E-state index in [4.69, 9.17) is 0 Å². The molecule has 4 bridgehead atoms. The van der Waals surface area contributed by atoms with Crippen LogP contribution in [-0.4, -0.2) is 17.6 Å². The number of carbonyl (C=O) groups is 1. The fraction of sp³-hybridized carbons (Fsp3) is 0.650. The molecule has 2 N–H and O–H groups in total. The van der Waals surface area contributed by atoms with Gasteiger partial charge in [0, 0.05) is 12.0 Å². The van der Waals surface area contributed by atoms with Crippen molar-refractivity contribution in [3.63, 3.8) is 0 Å². The molecule has 5 rings (SSSR count). The summed E-state index contributed by atoms with van der Waals surface area (Å²) in [6.45, 7) is 2.32. The van der Waals surface area contributed by atoms with Crippen molar-refractivity contribution in [1.82, 2.24) is 5.32 Å². The highest BCUT2D eigenvalue weighted by Gasteiger charge is 2.54. The molecule has 0 aromatic heterocycles. The van der Waals surface area contributed by atoms with Crippen LogP contribution < -0.4 is 5.32 Å². The minimum atomic E-state index is -0.617. The molecular weight excluding hydrogens is 286 g/mol. The largest absolute Gasteiger partial charge is 0.387 e. The zero-order valence-corrected chi connectivity index (χ0v) is 13.9. The maximum absolute atomic E-state index is 12.9. The number of aliphatic hydroxyl groups excluding tert-OH is 1. The predicted octanol–water partition coefficient (Wildman–Crippen LogP) is 3.36. The van der Waals surface area contributed by atoms with Crippen LogP contribution in [-0.2, 0) is 4.79 Å². The first-order valence-electron chi connectivity index (χ1n) is 9.08. The van der Waals surface area contributed by atoms with Crippen LogP contribution in [0.1, 0.15) is 55.8 Å². The fourth-order valence-corrected chi connectivity index (χ4v) is 5.84. The quantitative estimate of drug-likeness (QED) is 0.895. The van der Waals surface area contributed by atoms with E-state index in [1.807, 2.05) is 31.2 Å². The third-order valence-electron chi connectivity index (χ3n) is 6.52. The number of aryl methyl sites for hydroxylation is 1. The summed E-state index contributed by atoms with van der Waals surface area (Å²) in [5, 5.41) is 13.5. The third-order valence-corrected chi connectivity index (χ3v) is 6.52. The third kappa shape index (κ3) is 2.69. The van der Waals surface area contributed by atoms with Crippen molar-refractivity contribution in [2.45, 2.75) is 51.6 Å². The number of benzene rings is 1. The monoisotopic (exact) mass is 313 g/mol. The van der Waals surface area contributed by atoms with E-state index in [1.54, 1.807) is 0 Å². The van der Waals surface area contributed by atoms with Crippen LogP contribution in [0.5, 0.6) is 0 Å². The summed E-state index contributed by atoms with van der Waals surface area (Å²) < 4.78 is 0. The van der Waals surface area contributed by atoms with E-state index in [2.05, 4.69) is 5.32 Å². The standard InChI is InChI=1S/C20H27NO2/c1-13-4-2-3-5-17(13)18(22)12-21-19(23)20-9-14-6-15(10-20)8-16(7-14)11-20/h2-5,14-16,18,22H,6-12H2,1H3,(H,21,23). The van der Waals surface area contributed by atoms with Gasteiger partial charge in [-0.25, -0.2) is 0 Å². The molecule has 0 saturated heterocycles. The Hall–Kier alpha value is -1.35. The fourth-order valence-electron chi connectivity index (χ4n) is 5.84. The van der Waals surface area contributed by atoms with Gasteiger partial charge >= 0.3 is 0 Å². The van der Waals surface area contributed by atoms with E-state index >= 15 is 0 Å². The molecule has 124 valence electrons. The smallest absolute Gasteiger partial charge is 0.226 e. The first-order valence-corrected chi connectivity index (χ1v) is 9.08. The summed E-state index contributed by atoms with van der Waals surface area (Å²) in [4.78, 5) is 12.9.